The molecular formula is C25H36F3NO6. The second-order valence-corrected chi connectivity index (χ2v) is 9.74. The van der Waals surface area contributed by atoms with Gasteiger partial charge in [0.15, 0.2) is 0 Å². The van der Waals surface area contributed by atoms with Gasteiger partial charge in [0.1, 0.15) is 36.9 Å². The lowest BCUT2D eigenvalue weighted by atomic mass is 9.86. The van der Waals surface area contributed by atoms with E-state index < -0.39 is 48.9 Å². The van der Waals surface area contributed by atoms with E-state index in [1.807, 2.05) is 0 Å². The van der Waals surface area contributed by atoms with Gasteiger partial charge >= 0.3 is 12.1 Å². The van der Waals surface area contributed by atoms with Crippen LogP contribution in [-0.2, 0) is 30.2 Å². The lowest BCUT2D eigenvalue weighted by molar-refractivity contribution is -0.168. The fraction of sp³-hybridized carbons (Fsp3) is 0.680. The van der Waals surface area contributed by atoms with E-state index in [0.29, 0.717) is 19.3 Å². The predicted molar refractivity (Wildman–Crippen MR) is 122 cm³/mol. The average Bonchev–Trinajstić information content (AvgIpc) is 2.79. The van der Waals surface area contributed by atoms with Crippen molar-refractivity contribution >= 4 is 12.1 Å². The van der Waals surface area contributed by atoms with Crippen LogP contribution in [0.5, 0.6) is 0 Å². The summed E-state index contributed by atoms with van der Waals surface area (Å²) in [6.07, 6.45) is -3.40. The van der Waals surface area contributed by atoms with E-state index >= 15 is 0 Å². The van der Waals surface area contributed by atoms with E-state index in [2.05, 4.69) is 0 Å². The molecule has 1 saturated heterocycles. The molecule has 7 nitrogen and oxygen atoms in total. The number of alkyl halides is 2. The molecule has 2 rings (SSSR count). The van der Waals surface area contributed by atoms with Crippen molar-refractivity contribution in [2.45, 2.75) is 83.7 Å². The molecule has 10 heteroatoms. The van der Waals surface area contributed by atoms with Crippen molar-refractivity contribution in [3.05, 3.63) is 35.6 Å². The topological polar surface area (TPSA) is 74.3 Å². The molecule has 1 aliphatic rings. The van der Waals surface area contributed by atoms with Gasteiger partial charge in [-0.3, -0.25) is 4.90 Å². The van der Waals surface area contributed by atoms with Crippen molar-refractivity contribution in [2.75, 3.05) is 20.4 Å². The number of ether oxygens (including phenoxy) is 4. The van der Waals surface area contributed by atoms with Crippen LogP contribution in [0.25, 0.3) is 0 Å². The molecule has 198 valence electrons. The molecule has 1 aromatic carbocycles. The number of esters is 1. The third-order valence-corrected chi connectivity index (χ3v) is 5.65. The van der Waals surface area contributed by atoms with Gasteiger partial charge in [0, 0.05) is 7.11 Å². The zero-order valence-corrected chi connectivity index (χ0v) is 21.0. The molecule has 0 saturated carbocycles. The van der Waals surface area contributed by atoms with Crippen LogP contribution in [0.3, 0.4) is 0 Å². The van der Waals surface area contributed by atoms with E-state index in [0.717, 1.165) is 5.56 Å². The van der Waals surface area contributed by atoms with Gasteiger partial charge in [-0.25, -0.2) is 22.8 Å². The van der Waals surface area contributed by atoms with Crippen LogP contribution < -0.4 is 0 Å². The fourth-order valence-corrected chi connectivity index (χ4v) is 4.18. The third kappa shape index (κ3) is 9.33. The molecule has 0 spiro atoms. The van der Waals surface area contributed by atoms with Gasteiger partial charge in [-0.15, -0.1) is 0 Å². The van der Waals surface area contributed by atoms with Crippen LogP contribution in [0.4, 0.5) is 18.0 Å². The summed E-state index contributed by atoms with van der Waals surface area (Å²) >= 11 is 0. The minimum Gasteiger partial charge on any atom is -0.458 e. The minimum atomic E-state index is -2.69. The van der Waals surface area contributed by atoms with Crippen LogP contribution in [0.2, 0.25) is 0 Å². The van der Waals surface area contributed by atoms with Crippen LogP contribution in [0, 0.1) is 11.7 Å². The molecule has 1 amide bonds. The zero-order valence-electron chi connectivity index (χ0n) is 21.0. The Hall–Kier alpha value is -2.33. The van der Waals surface area contributed by atoms with Crippen LogP contribution in [0.15, 0.2) is 24.3 Å². The highest BCUT2D eigenvalue weighted by atomic mass is 19.3. The number of cyclic esters (lactones) is 1. The van der Waals surface area contributed by atoms with Crippen molar-refractivity contribution in [3.8, 4) is 0 Å². The number of carbonyl (C=O) groups excluding carboxylic acids is 2. The molecule has 35 heavy (non-hydrogen) atoms. The summed E-state index contributed by atoms with van der Waals surface area (Å²) in [5, 5.41) is 0. The highest BCUT2D eigenvalue weighted by molar-refractivity contribution is 5.81. The summed E-state index contributed by atoms with van der Waals surface area (Å²) in [5.74, 6) is -1.34. The van der Waals surface area contributed by atoms with E-state index in [4.69, 9.17) is 18.9 Å². The van der Waals surface area contributed by atoms with E-state index in [9.17, 15) is 22.8 Å². The molecule has 0 aliphatic carbocycles. The summed E-state index contributed by atoms with van der Waals surface area (Å²) < 4.78 is 61.1. The Labute approximate surface area is 204 Å². The number of methoxy groups -OCH3 is 1. The van der Waals surface area contributed by atoms with Crippen molar-refractivity contribution in [2.24, 2.45) is 5.92 Å². The highest BCUT2D eigenvalue weighted by Crippen LogP contribution is 2.29. The Morgan fingerprint density at radius 1 is 1.20 bits per heavy atom. The first-order valence-electron chi connectivity index (χ1n) is 11.7. The Kier molecular flexibility index (Phi) is 10.8. The second-order valence-electron chi connectivity index (χ2n) is 9.74. The summed E-state index contributed by atoms with van der Waals surface area (Å²) in [6.45, 7) is 5.73. The highest BCUT2D eigenvalue weighted by Gasteiger charge is 2.39. The van der Waals surface area contributed by atoms with Crippen LogP contribution >= 0.6 is 0 Å². The van der Waals surface area contributed by atoms with Gasteiger partial charge < -0.3 is 18.9 Å². The van der Waals surface area contributed by atoms with Crippen molar-refractivity contribution in [1.29, 1.82) is 0 Å². The van der Waals surface area contributed by atoms with E-state index in [1.54, 1.807) is 39.8 Å². The van der Waals surface area contributed by atoms with E-state index in [-0.39, 0.29) is 24.9 Å². The maximum atomic E-state index is 13.4. The normalized spacial score (nSPS) is 23.7. The zero-order chi connectivity index (χ0) is 26.2. The monoisotopic (exact) mass is 503 g/mol. The van der Waals surface area contributed by atoms with Crippen molar-refractivity contribution in [3.63, 3.8) is 0 Å². The standard InChI is InChI=1S/C25H36F3NO6/c1-16-22(33-14-21(27)28)18(13-17-9-11-19(26)12-10-17)7-6-8-20(23(30)34-16)29(15-32-5)24(31)35-25(2,3)4/h9-12,16,18,20-22H,6-8,13-15H2,1-5H3. The van der Waals surface area contributed by atoms with Gasteiger partial charge in [-0.2, -0.15) is 0 Å². The Bertz CT molecular complexity index is 814. The Morgan fingerprint density at radius 3 is 2.43 bits per heavy atom. The molecule has 4 atom stereocenters. The predicted octanol–water partition coefficient (Wildman–Crippen LogP) is 4.96. The lowest BCUT2D eigenvalue weighted by Gasteiger charge is -2.33. The third-order valence-electron chi connectivity index (χ3n) is 5.65. The number of benzene rings is 1. The summed E-state index contributed by atoms with van der Waals surface area (Å²) in [5.41, 5.74) is 0.0268. The second kappa shape index (κ2) is 13.1. The molecule has 0 N–H and O–H groups in total. The first-order chi connectivity index (χ1) is 16.4. The van der Waals surface area contributed by atoms with Crippen LogP contribution in [-0.4, -0.2) is 67.7 Å². The smallest absolute Gasteiger partial charge is 0.412 e. The maximum absolute atomic E-state index is 13.4. The van der Waals surface area contributed by atoms with Gasteiger partial charge in [-0.05, 0) is 70.6 Å². The molecule has 4 unspecified atom stereocenters. The first kappa shape index (κ1) is 28.9. The molecule has 0 bridgehead atoms. The van der Waals surface area contributed by atoms with Crippen molar-refractivity contribution in [1.82, 2.24) is 4.90 Å². The molecule has 0 radical (unpaired) electrons. The van der Waals surface area contributed by atoms with E-state index in [1.165, 1.54) is 24.1 Å². The number of carbonyl (C=O) groups is 2. The molecule has 1 aliphatic heterocycles. The van der Waals surface area contributed by atoms with Gasteiger partial charge in [0.2, 0.25) is 0 Å². The Morgan fingerprint density at radius 2 is 1.86 bits per heavy atom. The first-order valence-corrected chi connectivity index (χ1v) is 11.7. The number of hydrogen-bond acceptors (Lipinski definition) is 6. The molecular weight excluding hydrogens is 467 g/mol. The number of nitrogens with zero attached hydrogens (tertiary/aromatic N) is 1. The quantitative estimate of drug-likeness (QED) is 0.369. The minimum absolute atomic E-state index is 0.187. The SMILES string of the molecule is COCN(C(=O)OC(C)(C)C)C1CCCC(Cc2ccc(F)cc2)C(OCC(F)F)C(C)OC1=O. The molecule has 0 aromatic heterocycles. The number of amides is 1. The van der Waals surface area contributed by atoms with Gasteiger partial charge in [-0.1, -0.05) is 18.6 Å². The van der Waals surface area contributed by atoms with Crippen molar-refractivity contribution < 1.29 is 41.7 Å². The lowest BCUT2D eigenvalue weighted by Crippen LogP contribution is -2.49. The molecule has 1 fully saturated rings. The van der Waals surface area contributed by atoms with Gasteiger partial charge in [0.05, 0.1) is 6.10 Å². The number of hydrogen-bond donors (Lipinski definition) is 0. The van der Waals surface area contributed by atoms with Gasteiger partial charge in [0.25, 0.3) is 6.43 Å². The average molecular weight is 504 g/mol. The van der Waals surface area contributed by atoms with Crippen LogP contribution in [0.1, 0.15) is 52.5 Å². The molecule has 1 heterocycles. The number of halogens is 3. The summed E-state index contributed by atoms with van der Waals surface area (Å²) in [4.78, 5) is 27.1. The molecule has 1 aromatic rings. The summed E-state index contributed by atoms with van der Waals surface area (Å²) in [7, 11) is 1.40. The number of rotatable bonds is 8. The fourth-order valence-electron chi connectivity index (χ4n) is 4.18. The summed E-state index contributed by atoms with van der Waals surface area (Å²) in [6, 6.07) is 4.96. The Balaban J connectivity index is 2.29. The maximum Gasteiger partial charge on any atom is 0.412 e. The largest absolute Gasteiger partial charge is 0.458 e.